The van der Waals surface area contributed by atoms with Gasteiger partial charge in [-0.05, 0) is 60.6 Å². The number of nitrogens with zero attached hydrogens (tertiary/aromatic N) is 1. The van der Waals surface area contributed by atoms with Crippen LogP contribution in [0.5, 0.6) is 0 Å². The molecule has 2 rings (SSSR count). The lowest BCUT2D eigenvalue weighted by molar-refractivity contribution is 0.429. The quantitative estimate of drug-likeness (QED) is 0.788. The van der Waals surface area contributed by atoms with Crippen molar-refractivity contribution in [1.29, 1.82) is 0 Å². The number of rotatable bonds is 1. The Hall–Kier alpha value is -0.000000000000000111. The molecule has 4 heteroatoms. The largest absolute Gasteiger partial charge is 0.368 e. The van der Waals surface area contributed by atoms with Gasteiger partial charge in [0, 0.05) is 27.2 Å². The fraction of sp³-hybridized carbons (Fsp3) is 0.500. The summed E-state index contributed by atoms with van der Waals surface area (Å²) in [6.45, 7) is 3.28. The first-order valence-electron chi connectivity index (χ1n) is 5.55. The van der Waals surface area contributed by atoms with Gasteiger partial charge in [0.25, 0.3) is 0 Å². The number of benzene rings is 1. The van der Waals surface area contributed by atoms with Gasteiger partial charge < -0.3 is 10.6 Å². The highest BCUT2D eigenvalue weighted by Crippen LogP contribution is 2.30. The van der Waals surface area contributed by atoms with Gasteiger partial charge in [0.05, 0.1) is 5.69 Å². The molecule has 2 nitrogen and oxygen atoms in total. The summed E-state index contributed by atoms with van der Waals surface area (Å²) in [6, 6.07) is 6.95. The molecule has 16 heavy (non-hydrogen) atoms. The maximum atomic E-state index is 5.98. The molecule has 0 radical (unpaired) electrons. The Balaban J connectivity index is 2.23. The summed E-state index contributed by atoms with van der Waals surface area (Å²) in [7, 11) is 0. The van der Waals surface area contributed by atoms with Crippen molar-refractivity contribution in [2.75, 3.05) is 11.4 Å². The number of piperidine rings is 1. The first-order chi connectivity index (χ1) is 7.58. The lowest BCUT2D eigenvalue weighted by Gasteiger charge is -2.38. The summed E-state index contributed by atoms with van der Waals surface area (Å²) in [4.78, 5) is 2.43. The van der Waals surface area contributed by atoms with Crippen LogP contribution in [0, 0.1) is 3.57 Å². The molecule has 1 saturated heterocycles. The highest BCUT2D eigenvalue weighted by atomic mass is 127. The molecule has 88 valence electrons. The van der Waals surface area contributed by atoms with Crippen molar-refractivity contribution < 1.29 is 0 Å². The van der Waals surface area contributed by atoms with Crippen LogP contribution in [0.25, 0.3) is 0 Å². The second-order valence-corrected chi connectivity index (χ2v) is 6.02. The van der Waals surface area contributed by atoms with Crippen LogP contribution in [-0.2, 0) is 0 Å². The Morgan fingerprint density at radius 1 is 1.50 bits per heavy atom. The highest BCUT2D eigenvalue weighted by molar-refractivity contribution is 14.1. The van der Waals surface area contributed by atoms with E-state index in [0.29, 0.717) is 12.1 Å². The van der Waals surface area contributed by atoms with Crippen molar-refractivity contribution in [3.8, 4) is 0 Å². The van der Waals surface area contributed by atoms with Crippen LogP contribution in [0.2, 0.25) is 5.02 Å². The zero-order valence-corrected chi connectivity index (χ0v) is 12.2. The molecule has 0 aromatic heterocycles. The van der Waals surface area contributed by atoms with Crippen LogP contribution in [0.15, 0.2) is 18.2 Å². The zero-order chi connectivity index (χ0) is 11.7. The normalized spacial score (nSPS) is 25.9. The first-order valence-corrected chi connectivity index (χ1v) is 7.01. The molecule has 2 unspecified atom stereocenters. The number of halogens is 2. The second-order valence-electron chi connectivity index (χ2n) is 4.42. The van der Waals surface area contributed by atoms with E-state index >= 15 is 0 Å². The fourth-order valence-corrected chi connectivity index (χ4v) is 3.46. The molecule has 0 bridgehead atoms. The summed E-state index contributed by atoms with van der Waals surface area (Å²) in [5.74, 6) is 0. The molecule has 1 aromatic carbocycles. The predicted molar refractivity (Wildman–Crippen MR) is 78.2 cm³/mol. The molecule has 0 amide bonds. The molecule has 1 aliphatic rings. The topological polar surface area (TPSA) is 29.3 Å². The Bertz CT molecular complexity index is 383. The minimum Gasteiger partial charge on any atom is -0.368 e. The van der Waals surface area contributed by atoms with E-state index in [2.05, 4.69) is 40.5 Å². The van der Waals surface area contributed by atoms with E-state index in [1.54, 1.807) is 0 Å². The van der Waals surface area contributed by atoms with E-state index in [4.69, 9.17) is 17.3 Å². The average molecular weight is 351 g/mol. The van der Waals surface area contributed by atoms with Gasteiger partial charge in [-0.25, -0.2) is 0 Å². The maximum Gasteiger partial charge on any atom is 0.0505 e. The van der Waals surface area contributed by atoms with E-state index < -0.39 is 0 Å². The van der Waals surface area contributed by atoms with Crippen LogP contribution in [0.1, 0.15) is 19.8 Å². The lowest BCUT2D eigenvalue weighted by atomic mass is 9.98. The van der Waals surface area contributed by atoms with Crippen molar-refractivity contribution in [3.05, 3.63) is 26.8 Å². The minimum absolute atomic E-state index is 0.358. The third-order valence-corrected chi connectivity index (χ3v) is 4.24. The van der Waals surface area contributed by atoms with E-state index in [9.17, 15) is 0 Å². The summed E-state index contributed by atoms with van der Waals surface area (Å²) in [5.41, 5.74) is 7.26. The highest BCUT2D eigenvalue weighted by Gasteiger charge is 2.24. The van der Waals surface area contributed by atoms with Gasteiger partial charge in [-0.2, -0.15) is 0 Å². The molecular formula is C12H16ClIN2. The molecule has 1 fully saturated rings. The van der Waals surface area contributed by atoms with Crippen LogP contribution >= 0.6 is 34.2 Å². The maximum absolute atomic E-state index is 5.98. The molecule has 1 heterocycles. The average Bonchev–Trinajstić information content (AvgIpc) is 2.19. The molecule has 1 aliphatic heterocycles. The van der Waals surface area contributed by atoms with Gasteiger partial charge in [-0.3, -0.25) is 0 Å². The summed E-state index contributed by atoms with van der Waals surface area (Å²) < 4.78 is 1.22. The fourth-order valence-electron chi connectivity index (χ4n) is 2.28. The molecule has 0 aliphatic carbocycles. The third kappa shape index (κ3) is 2.63. The molecule has 2 atom stereocenters. The number of nitrogens with two attached hydrogens (primary N) is 1. The van der Waals surface area contributed by atoms with Gasteiger partial charge in [0.1, 0.15) is 0 Å². The minimum atomic E-state index is 0.358. The van der Waals surface area contributed by atoms with Gasteiger partial charge >= 0.3 is 0 Å². The lowest BCUT2D eigenvalue weighted by Crippen LogP contribution is -2.45. The third-order valence-electron chi connectivity index (χ3n) is 3.14. The summed E-state index contributed by atoms with van der Waals surface area (Å²) >= 11 is 8.32. The molecule has 0 saturated carbocycles. The SMILES string of the molecule is CC1CC(N)CCN1c1ccc(Cl)cc1I. The van der Waals surface area contributed by atoms with Crippen molar-refractivity contribution in [3.63, 3.8) is 0 Å². The Kier molecular flexibility index (Phi) is 3.97. The standard InChI is InChI=1S/C12H16ClIN2/c1-8-6-10(15)4-5-16(8)12-3-2-9(13)7-11(12)14/h2-3,7-8,10H,4-6,15H2,1H3. The molecule has 2 N–H and O–H groups in total. The van der Waals surface area contributed by atoms with Crippen LogP contribution < -0.4 is 10.6 Å². The van der Waals surface area contributed by atoms with E-state index in [1.807, 2.05) is 12.1 Å². The molecule has 0 spiro atoms. The van der Waals surface area contributed by atoms with Crippen LogP contribution in [0.3, 0.4) is 0 Å². The smallest absolute Gasteiger partial charge is 0.0505 e. The van der Waals surface area contributed by atoms with Gasteiger partial charge in [-0.15, -0.1) is 0 Å². The summed E-state index contributed by atoms with van der Waals surface area (Å²) in [5, 5.41) is 0.800. The van der Waals surface area contributed by atoms with Crippen molar-refractivity contribution in [2.24, 2.45) is 5.73 Å². The zero-order valence-electron chi connectivity index (χ0n) is 9.29. The first kappa shape index (κ1) is 12.5. The van der Waals surface area contributed by atoms with Crippen molar-refractivity contribution in [2.45, 2.75) is 31.8 Å². The van der Waals surface area contributed by atoms with Gasteiger partial charge in [0.15, 0.2) is 0 Å². The van der Waals surface area contributed by atoms with Gasteiger partial charge in [0.2, 0.25) is 0 Å². The second kappa shape index (κ2) is 5.10. The van der Waals surface area contributed by atoms with Gasteiger partial charge in [-0.1, -0.05) is 11.6 Å². The Morgan fingerprint density at radius 3 is 2.88 bits per heavy atom. The molecular weight excluding hydrogens is 335 g/mol. The number of anilines is 1. The van der Waals surface area contributed by atoms with Crippen LogP contribution in [0.4, 0.5) is 5.69 Å². The monoisotopic (exact) mass is 350 g/mol. The number of hydrogen-bond acceptors (Lipinski definition) is 2. The summed E-state index contributed by atoms with van der Waals surface area (Å²) in [6.07, 6.45) is 2.14. The van der Waals surface area contributed by atoms with Crippen molar-refractivity contribution >= 4 is 39.9 Å². The predicted octanol–water partition coefficient (Wildman–Crippen LogP) is 3.26. The molecule has 1 aromatic rings. The van der Waals surface area contributed by atoms with E-state index in [-0.39, 0.29) is 0 Å². The Morgan fingerprint density at radius 2 is 2.25 bits per heavy atom. The Labute approximate surface area is 115 Å². The van der Waals surface area contributed by atoms with E-state index in [0.717, 1.165) is 24.4 Å². The number of hydrogen-bond donors (Lipinski definition) is 1. The van der Waals surface area contributed by atoms with Crippen LogP contribution in [-0.4, -0.2) is 18.6 Å². The van der Waals surface area contributed by atoms with Crippen molar-refractivity contribution in [1.82, 2.24) is 0 Å². The van der Waals surface area contributed by atoms with E-state index in [1.165, 1.54) is 9.26 Å².